The number of imidazole rings is 1. The smallest absolute Gasteiger partial charge is 0.295 e. The standard InChI is InChI=1S/C26H23Cl2N3O4/c1-2-14-35-19-7-4-17(5-8-19)24(32)22-23(18-6-9-20(27)21(28)15-18)31(26(34)25(22)33)12-3-11-30-13-10-29-16-30/h2,4-10,13,15-16,23,32H,1,3,11-12,14H2/t23-/m1/s1. The third kappa shape index (κ3) is 5.26. The fourth-order valence-corrected chi connectivity index (χ4v) is 4.31. The molecule has 1 atom stereocenters. The van der Waals surface area contributed by atoms with E-state index in [0.717, 1.165) is 0 Å². The van der Waals surface area contributed by atoms with Crippen LogP contribution in [0.2, 0.25) is 10.0 Å². The molecule has 0 radical (unpaired) electrons. The summed E-state index contributed by atoms with van der Waals surface area (Å²) < 4.78 is 7.37. The Bertz CT molecular complexity index is 1270. The summed E-state index contributed by atoms with van der Waals surface area (Å²) in [7, 11) is 0. The number of aliphatic hydroxyl groups excluding tert-OH is 1. The number of aromatic nitrogens is 2. The van der Waals surface area contributed by atoms with Crippen molar-refractivity contribution in [2.75, 3.05) is 13.2 Å². The maximum Gasteiger partial charge on any atom is 0.295 e. The molecule has 1 fully saturated rings. The monoisotopic (exact) mass is 511 g/mol. The number of ketones is 1. The molecule has 1 aliphatic heterocycles. The van der Waals surface area contributed by atoms with E-state index in [-0.39, 0.29) is 16.4 Å². The summed E-state index contributed by atoms with van der Waals surface area (Å²) in [5.74, 6) is -1.12. The lowest BCUT2D eigenvalue weighted by Gasteiger charge is -2.25. The van der Waals surface area contributed by atoms with E-state index in [4.69, 9.17) is 27.9 Å². The fourth-order valence-electron chi connectivity index (χ4n) is 4.00. The zero-order valence-electron chi connectivity index (χ0n) is 18.7. The number of hydrogen-bond acceptors (Lipinski definition) is 5. The molecule has 0 spiro atoms. The first kappa shape index (κ1) is 24.6. The van der Waals surface area contributed by atoms with E-state index in [1.807, 2.05) is 10.8 Å². The largest absolute Gasteiger partial charge is 0.507 e. The fraction of sp³-hybridized carbons (Fsp3) is 0.192. The molecule has 1 aliphatic rings. The molecule has 180 valence electrons. The second kappa shape index (κ2) is 10.8. The van der Waals surface area contributed by atoms with Gasteiger partial charge in [0, 0.05) is 31.0 Å². The van der Waals surface area contributed by atoms with E-state index >= 15 is 0 Å². The van der Waals surface area contributed by atoms with Crippen molar-refractivity contribution in [2.24, 2.45) is 0 Å². The predicted molar refractivity (Wildman–Crippen MR) is 134 cm³/mol. The average Bonchev–Trinajstić information content (AvgIpc) is 3.47. The zero-order chi connectivity index (χ0) is 24.9. The maximum atomic E-state index is 13.1. The van der Waals surface area contributed by atoms with Crippen molar-refractivity contribution in [1.82, 2.24) is 14.5 Å². The minimum absolute atomic E-state index is 0.00391. The highest BCUT2D eigenvalue weighted by Crippen LogP contribution is 2.41. The van der Waals surface area contributed by atoms with Gasteiger partial charge in [-0.1, -0.05) is 41.9 Å². The van der Waals surface area contributed by atoms with Crippen molar-refractivity contribution in [2.45, 2.75) is 19.0 Å². The number of hydrogen-bond donors (Lipinski definition) is 1. The molecule has 7 nitrogen and oxygen atoms in total. The Kier molecular flexibility index (Phi) is 7.58. The molecule has 4 rings (SSSR count). The molecule has 0 saturated carbocycles. The molecule has 3 aromatic rings. The molecule has 2 heterocycles. The van der Waals surface area contributed by atoms with Gasteiger partial charge in [-0.3, -0.25) is 9.59 Å². The number of amides is 1. The van der Waals surface area contributed by atoms with Gasteiger partial charge in [0.2, 0.25) is 0 Å². The number of carbonyl (C=O) groups excluding carboxylic acids is 2. The average molecular weight is 512 g/mol. The summed E-state index contributed by atoms with van der Waals surface area (Å²) in [6.07, 6.45) is 7.39. The minimum Gasteiger partial charge on any atom is -0.507 e. The van der Waals surface area contributed by atoms with E-state index in [2.05, 4.69) is 11.6 Å². The SMILES string of the molecule is C=CCOc1ccc(C(O)=C2C(=O)C(=O)N(CCCn3ccnc3)[C@@H]2c2ccc(Cl)c(Cl)c2)cc1. The Balaban J connectivity index is 1.71. The van der Waals surface area contributed by atoms with Crippen LogP contribution in [0.1, 0.15) is 23.6 Å². The van der Waals surface area contributed by atoms with Gasteiger partial charge in [0.25, 0.3) is 11.7 Å². The first-order valence-electron chi connectivity index (χ1n) is 10.9. The number of Topliss-reactive ketones (excluding diaryl/α,β-unsaturated/α-hetero) is 1. The minimum atomic E-state index is -0.816. The van der Waals surface area contributed by atoms with Gasteiger partial charge in [-0.05, 0) is 48.4 Å². The van der Waals surface area contributed by atoms with Gasteiger partial charge in [0.1, 0.15) is 18.1 Å². The van der Waals surface area contributed by atoms with Crippen molar-refractivity contribution in [3.63, 3.8) is 0 Å². The highest BCUT2D eigenvalue weighted by atomic mass is 35.5. The topological polar surface area (TPSA) is 84.7 Å². The Morgan fingerprint density at radius 3 is 2.54 bits per heavy atom. The second-order valence-electron chi connectivity index (χ2n) is 7.94. The molecule has 0 bridgehead atoms. The van der Waals surface area contributed by atoms with Gasteiger partial charge in [-0.25, -0.2) is 4.98 Å². The van der Waals surface area contributed by atoms with Gasteiger partial charge >= 0.3 is 0 Å². The Labute approximate surface area is 212 Å². The number of aryl methyl sites for hydroxylation is 1. The number of carbonyl (C=O) groups is 2. The van der Waals surface area contributed by atoms with Crippen molar-refractivity contribution < 1.29 is 19.4 Å². The molecule has 35 heavy (non-hydrogen) atoms. The second-order valence-corrected chi connectivity index (χ2v) is 8.76. The van der Waals surface area contributed by atoms with Crippen LogP contribution in [0, 0.1) is 0 Å². The van der Waals surface area contributed by atoms with Gasteiger partial charge in [-0.15, -0.1) is 0 Å². The molecule has 1 amide bonds. The number of nitrogens with zero attached hydrogens (tertiary/aromatic N) is 3. The maximum absolute atomic E-state index is 13.1. The number of likely N-dealkylation sites (tertiary alicyclic amines) is 1. The van der Waals surface area contributed by atoms with Gasteiger partial charge in [0.05, 0.1) is 28.0 Å². The van der Waals surface area contributed by atoms with Gasteiger partial charge in [-0.2, -0.15) is 0 Å². The number of rotatable bonds is 9. The van der Waals surface area contributed by atoms with Gasteiger partial charge in [0.15, 0.2) is 0 Å². The molecule has 1 aromatic heterocycles. The van der Waals surface area contributed by atoms with E-state index in [1.54, 1.807) is 61.1 Å². The number of aliphatic hydroxyl groups is 1. The van der Waals surface area contributed by atoms with Crippen LogP contribution in [0.3, 0.4) is 0 Å². The number of halogens is 2. The highest BCUT2D eigenvalue weighted by Gasteiger charge is 2.45. The summed E-state index contributed by atoms with van der Waals surface area (Å²) in [5.41, 5.74) is 0.960. The highest BCUT2D eigenvalue weighted by molar-refractivity contribution is 6.46. The summed E-state index contributed by atoms with van der Waals surface area (Å²) in [4.78, 5) is 31.7. The van der Waals surface area contributed by atoms with Crippen LogP contribution in [0.15, 0.2) is 79.4 Å². The Morgan fingerprint density at radius 1 is 1.11 bits per heavy atom. The summed E-state index contributed by atoms with van der Waals surface area (Å²) in [6, 6.07) is 10.7. The molecular weight excluding hydrogens is 489 g/mol. The molecular formula is C26H23Cl2N3O4. The van der Waals surface area contributed by atoms with Crippen LogP contribution < -0.4 is 4.74 Å². The first-order valence-corrected chi connectivity index (χ1v) is 11.7. The molecule has 0 unspecified atom stereocenters. The molecule has 1 saturated heterocycles. The summed E-state index contributed by atoms with van der Waals surface area (Å²) >= 11 is 12.4. The quantitative estimate of drug-likeness (QED) is 0.183. The lowest BCUT2D eigenvalue weighted by molar-refractivity contribution is -0.139. The molecule has 9 heteroatoms. The van der Waals surface area contributed by atoms with Gasteiger partial charge < -0.3 is 19.3 Å². The summed E-state index contributed by atoms with van der Waals surface area (Å²) in [6.45, 7) is 4.86. The third-order valence-corrected chi connectivity index (χ3v) is 6.41. The number of ether oxygens (including phenoxy) is 1. The Morgan fingerprint density at radius 2 is 1.89 bits per heavy atom. The van der Waals surface area contributed by atoms with Crippen LogP contribution in [0.5, 0.6) is 5.75 Å². The van der Waals surface area contributed by atoms with Crippen LogP contribution >= 0.6 is 23.2 Å². The third-order valence-electron chi connectivity index (χ3n) is 5.67. The van der Waals surface area contributed by atoms with Crippen molar-refractivity contribution in [3.05, 3.63) is 101 Å². The van der Waals surface area contributed by atoms with E-state index in [9.17, 15) is 14.7 Å². The zero-order valence-corrected chi connectivity index (χ0v) is 20.2. The molecule has 2 aromatic carbocycles. The van der Waals surface area contributed by atoms with Crippen molar-refractivity contribution in [1.29, 1.82) is 0 Å². The molecule has 1 N–H and O–H groups in total. The van der Waals surface area contributed by atoms with Crippen molar-refractivity contribution in [3.8, 4) is 5.75 Å². The normalized spacial score (nSPS) is 17.1. The first-order chi connectivity index (χ1) is 16.9. The predicted octanol–water partition coefficient (Wildman–Crippen LogP) is 5.27. The van der Waals surface area contributed by atoms with Crippen LogP contribution in [-0.4, -0.2) is 44.4 Å². The number of benzene rings is 2. The van der Waals surface area contributed by atoms with Crippen LogP contribution in [-0.2, 0) is 16.1 Å². The van der Waals surface area contributed by atoms with E-state index in [0.29, 0.717) is 48.0 Å². The molecule has 0 aliphatic carbocycles. The van der Waals surface area contributed by atoms with E-state index in [1.165, 1.54) is 4.90 Å². The van der Waals surface area contributed by atoms with Crippen LogP contribution in [0.4, 0.5) is 0 Å². The lowest BCUT2D eigenvalue weighted by atomic mass is 9.95. The lowest BCUT2D eigenvalue weighted by Crippen LogP contribution is -2.31. The Hall–Kier alpha value is -3.55. The summed E-state index contributed by atoms with van der Waals surface area (Å²) in [5, 5.41) is 11.8. The van der Waals surface area contributed by atoms with Crippen molar-refractivity contribution >= 4 is 40.7 Å². The van der Waals surface area contributed by atoms with Crippen LogP contribution in [0.25, 0.3) is 5.76 Å². The van der Waals surface area contributed by atoms with E-state index < -0.39 is 17.7 Å².